The number of aromatic nitrogens is 3. The van der Waals surface area contributed by atoms with Gasteiger partial charge in [-0.3, -0.25) is 4.57 Å². The first kappa shape index (κ1) is 13.9. The van der Waals surface area contributed by atoms with Crippen molar-refractivity contribution in [2.45, 2.75) is 13.3 Å². The predicted molar refractivity (Wildman–Crippen MR) is 84.6 cm³/mol. The van der Waals surface area contributed by atoms with Crippen LogP contribution in [-0.4, -0.2) is 27.5 Å². The number of rotatable bonds is 4. The highest BCUT2D eigenvalue weighted by molar-refractivity contribution is 6.17. The van der Waals surface area contributed by atoms with E-state index >= 15 is 0 Å². The standard InChI is InChI=1S/C16H16ClN3O/c1-11-3-5-12(6-4-11)20-14(9-10-17)18-13-7-8-15(21-2)19-16(13)20/h3-8H,9-10H2,1-2H3. The zero-order valence-electron chi connectivity index (χ0n) is 12.0. The van der Waals surface area contributed by atoms with Crippen molar-refractivity contribution in [3.63, 3.8) is 0 Å². The second-order valence-electron chi connectivity index (χ2n) is 4.83. The van der Waals surface area contributed by atoms with E-state index in [1.807, 2.05) is 16.7 Å². The topological polar surface area (TPSA) is 39.9 Å². The fourth-order valence-corrected chi connectivity index (χ4v) is 2.49. The van der Waals surface area contributed by atoms with Gasteiger partial charge in [-0.1, -0.05) is 17.7 Å². The van der Waals surface area contributed by atoms with E-state index in [4.69, 9.17) is 16.3 Å². The Morgan fingerprint density at radius 3 is 2.52 bits per heavy atom. The maximum Gasteiger partial charge on any atom is 0.215 e. The molecule has 4 nitrogen and oxygen atoms in total. The molecule has 3 rings (SSSR count). The molecule has 1 aromatic carbocycles. The average Bonchev–Trinajstić information content (AvgIpc) is 2.85. The van der Waals surface area contributed by atoms with Gasteiger partial charge in [-0.05, 0) is 25.1 Å². The molecule has 0 N–H and O–H groups in total. The molecule has 0 atom stereocenters. The lowest BCUT2D eigenvalue weighted by Gasteiger charge is -2.08. The summed E-state index contributed by atoms with van der Waals surface area (Å²) in [7, 11) is 1.61. The normalized spacial score (nSPS) is 11.0. The van der Waals surface area contributed by atoms with Crippen molar-refractivity contribution in [2.75, 3.05) is 13.0 Å². The van der Waals surface area contributed by atoms with Crippen molar-refractivity contribution in [3.8, 4) is 11.6 Å². The number of methoxy groups -OCH3 is 1. The van der Waals surface area contributed by atoms with Gasteiger partial charge in [0.05, 0.1) is 7.11 Å². The smallest absolute Gasteiger partial charge is 0.215 e. The lowest BCUT2D eigenvalue weighted by atomic mass is 10.2. The second-order valence-corrected chi connectivity index (χ2v) is 5.21. The number of benzene rings is 1. The minimum absolute atomic E-state index is 0.520. The Balaban J connectivity index is 2.25. The maximum absolute atomic E-state index is 5.91. The number of nitrogens with zero attached hydrogens (tertiary/aromatic N) is 3. The fourth-order valence-electron chi connectivity index (χ4n) is 2.32. The van der Waals surface area contributed by atoms with Crippen molar-refractivity contribution < 1.29 is 4.74 Å². The van der Waals surface area contributed by atoms with Gasteiger partial charge in [0.25, 0.3) is 0 Å². The van der Waals surface area contributed by atoms with Crippen LogP contribution in [0.5, 0.6) is 5.88 Å². The zero-order valence-corrected chi connectivity index (χ0v) is 12.8. The van der Waals surface area contributed by atoms with Gasteiger partial charge in [-0.25, -0.2) is 4.98 Å². The molecule has 0 radical (unpaired) electrons. The third-order valence-corrected chi connectivity index (χ3v) is 3.56. The van der Waals surface area contributed by atoms with Crippen LogP contribution in [0.15, 0.2) is 36.4 Å². The SMILES string of the molecule is COc1ccc2nc(CCCl)n(-c3ccc(C)cc3)c2n1. The van der Waals surface area contributed by atoms with Crippen LogP contribution in [0.4, 0.5) is 0 Å². The van der Waals surface area contributed by atoms with Crippen LogP contribution in [0, 0.1) is 6.92 Å². The van der Waals surface area contributed by atoms with Crippen LogP contribution < -0.4 is 4.74 Å². The Morgan fingerprint density at radius 1 is 1.10 bits per heavy atom. The minimum Gasteiger partial charge on any atom is -0.481 e. The van der Waals surface area contributed by atoms with E-state index in [0.29, 0.717) is 18.2 Å². The summed E-state index contributed by atoms with van der Waals surface area (Å²) >= 11 is 5.91. The Hall–Kier alpha value is -2.07. The molecular formula is C16H16ClN3O. The molecule has 5 heteroatoms. The van der Waals surface area contributed by atoms with E-state index < -0.39 is 0 Å². The minimum atomic E-state index is 0.520. The van der Waals surface area contributed by atoms with E-state index in [0.717, 1.165) is 22.7 Å². The first-order valence-electron chi connectivity index (χ1n) is 6.78. The van der Waals surface area contributed by atoms with Gasteiger partial charge < -0.3 is 4.74 Å². The third kappa shape index (κ3) is 2.59. The van der Waals surface area contributed by atoms with Gasteiger partial charge in [-0.15, -0.1) is 11.6 Å². The molecule has 0 amide bonds. The van der Waals surface area contributed by atoms with Crippen LogP contribution in [0.25, 0.3) is 16.9 Å². The van der Waals surface area contributed by atoms with Crippen molar-refractivity contribution in [1.82, 2.24) is 14.5 Å². The first-order chi connectivity index (χ1) is 10.2. The highest BCUT2D eigenvalue weighted by Crippen LogP contribution is 2.23. The van der Waals surface area contributed by atoms with Crippen molar-refractivity contribution in [2.24, 2.45) is 0 Å². The molecule has 0 bridgehead atoms. The lowest BCUT2D eigenvalue weighted by Crippen LogP contribution is -2.03. The molecule has 0 saturated carbocycles. The molecule has 0 aliphatic heterocycles. The number of hydrogen-bond acceptors (Lipinski definition) is 3. The molecule has 0 unspecified atom stereocenters. The fraction of sp³-hybridized carbons (Fsp3) is 0.250. The molecule has 0 spiro atoms. The monoisotopic (exact) mass is 301 g/mol. The summed E-state index contributed by atoms with van der Waals surface area (Å²) in [6.45, 7) is 2.07. The quantitative estimate of drug-likeness (QED) is 0.692. The summed E-state index contributed by atoms with van der Waals surface area (Å²) in [6.07, 6.45) is 0.689. The van der Waals surface area contributed by atoms with E-state index in [9.17, 15) is 0 Å². The Kier molecular flexibility index (Phi) is 3.80. The molecule has 2 aromatic heterocycles. The molecule has 0 saturated heterocycles. The van der Waals surface area contributed by atoms with Crippen LogP contribution >= 0.6 is 11.6 Å². The molecule has 0 aliphatic carbocycles. The van der Waals surface area contributed by atoms with Gasteiger partial charge in [0.2, 0.25) is 5.88 Å². The zero-order chi connectivity index (χ0) is 14.8. The van der Waals surface area contributed by atoms with E-state index in [1.165, 1.54) is 5.56 Å². The molecule has 108 valence electrons. The van der Waals surface area contributed by atoms with Crippen LogP contribution in [0.3, 0.4) is 0 Å². The first-order valence-corrected chi connectivity index (χ1v) is 7.32. The largest absolute Gasteiger partial charge is 0.481 e. The highest BCUT2D eigenvalue weighted by atomic mass is 35.5. The summed E-state index contributed by atoms with van der Waals surface area (Å²) in [5.41, 5.74) is 3.88. The van der Waals surface area contributed by atoms with Gasteiger partial charge in [0.15, 0.2) is 5.65 Å². The summed E-state index contributed by atoms with van der Waals surface area (Å²) < 4.78 is 7.26. The molecular weight excluding hydrogens is 286 g/mol. The van der Waals surface area contributed by atoms with E-state index in [2.05, 4.69) is 41.2 Å². The van der Waals surface area contributed by atoms with E-state index in [1.54, 1.807) is 7.11 Å². The molecule has 0 fully saturated rings. The summed E-state index contributed by atoms with van der Waals surface area (Å²) in [6, 6.07) is 12.0. The Labute approximate surface area is 128 Å². The van der Waals surface area contributed by atoms with E-state index in [-0.39, 0.29) is 0 Å². The van der Waals surface area contributed by atoms with Crippen molar-refractivity contribution >= 4 is 22.8 Å². The number of hydrogen-bond donors (Lipinski definition) is 0. The number of alkyl halides is 1. The number of halogens is 1. The number of ether oxygens (including phenoxy) is 1. The lowest BCUT2D eigenvalue weighted by molar-refractivity contribution is 0.399. The number of fused-ring (bicyclic) bond motifs is 1. The van der Waals surface area contributed by atoms with Crippen LogP contribution in [-0.2, 0) is 6.42 Å². The van der Waals surface area contributed by atoms with Crippen LogP contribution in [0.2, 0.25) is 0 Å². The van der Waals surface area contributed by atoms with Crippen molar-refractivity contribution in [3.05, 3.63) is 47.8 Å². The molecule has 0 aliphatic rings. The number of aryl methyl sites for hydroxylation is 2. The van der Waals surface area contributed by atoms with Gasteiger partial charge in [-0.2, -0.15) is 4.98 Å². The van der Waals surface area contributed by atoms with Gasteiger partial charge in [0, 0.05) is 24.1 Å². The average molecular weight is 302 g/mol. The second kappa shape index (κ2) is 5.74. The summed E-state index contributed by atoms with van der Waals surface area (Å²) in [5.74, 6) is 2.00. The van der Waals surface area contributed by atoms with Crippen LogP contribution in [0.1, 0.15) is 11.4 Å². The predicted octanol–water partition coefficient (Wildman–Crippen LogP) is 3.52. The summed E-state index contributed by atoms with van der Waals surface area (Å²) in [5, 5.41) is 0. The highest BCUT2D eigenvalue weighted by Gasteiger charge is 2.14. The Bertz CT molecular complexity index is 765. The number of imidazole rings is 1. The Morgan fingerprint density at radius 2 is 1.86 bits per heavy atom. The maximum atomic E-state index is 5.91. The molecule has 3 aromatic rings. The summed E-state index contributed by atoms with van der Waals surface area (Å²) in [4.78, 5) is 9.17. The molecule has 21 heavy (non-hydrogen) atoms. The van der Waals surface area contributed by atoms with Gasteiger partial charge in [0.1, 0.15) is 11.3 Å². The van der Waals surface area contributed by atoms with Crippen molar-refractivity contribution in [1.29, 1.82) is 0 Å². The number of pyridine rings is 1. The van der Waals surface area contributed by atoms with Gasteiger partial charge >= 0.3 is 0 Å². The molecule has 2 heterocycles. The third-order valence-electron chi connectivity index (χ3n) is 3.37.